The molecule has 1 aliphatic carbocycles. The molecule has 0 saturated heterocycles. The third-order valence-corrected chi connectivity index (χ3v) is 2.42. The summed E-state index contributed by atoms with van der Waals surface area (Å²) < 4.78 is 0. The third-order valence-electron chi connectivity index (χ3n) is 2.42. The molecule has 0 aromatic rings. The summed E-state index contributed by atoms with van der Waals surface area (Å²) in [4.78, 5) is 0. The van der Waals surface area contributed by atoms with Crippen LogP contribution in [0.3, 0.4) is 0 Å². The van der Waals surface area contributed by atoms with Gasteiger partial charge in [-0.1, -0.05) is 12.2 Å². The van der Waals surface area contributed by atoms with E-state index in [9.17, 15) is 0 Å². The van der Waals surface area contributed by atoms with Gasteiger partial charge < -0.3 is 16.2 Å². The first-order valence-corrected chi connectivity index (χ1v) is 4.32. The summed E-state index contributed by atoms with van der Waals surface area (Å²) >= 11 is 0. The average Bonchev–Trinajstić information content (AvgIpc) is 2.54. The van der Waals surface area contributed by atoms with Crippen molar-refractivity contribution in [3.8, 4) is 0 Å². The molecule has 1 aliphatic heterocycles. The van der Waals surface area contributed by atoms with E-state index in [1.54, 1.807) is 0 Å². The second kappa shape index (κ2) is 2.90. The molecule has 70 valence electrons. The molecule has 0 radical (unpaired) electrons. The minimum Gasteiger partial charge on any atom is -0.308 e. The Hall–Kier alpha value is -1.26. The van der Waals surface area contributed by atoms with Gasteiger partial charge in [0, 0.05) is 0 Å². The van der Waals surface area contributed by atoms with E-state index in [0.717, 1.165) is 11.4 Å². The van der Waals surface area contributed by atoms with Crippen molar-refractivity contribution < 1.29 is 0 Å². The Balaban J connectivity index is 2.29. The summed E-state index contributed by atoms with van der Waals surface area (Å²) in [5.74, 6) is 0. The molecule has 0 amide bonds. The summed E-state index contributed by atoms with van der Waals surface area (Å²) in [6.07, 6.45) is 8.35. The average molecular weight is 178 g/mol. The number of hydrazine groups is 2. The molecular formula is C9H14N4. The molecule has 2 rings (SSSR count). The fraction of sp³-hybridized carbons (Fsp3) is 0.333. The van der Waals surface area contributed by atoms with E-state index in [4.69, 9.17) is 0 Å². The van der Waals surface area contributed by atoms with Gasteiger partial charge in [0.15, 0.2) is 0 Å². The van der Waals surface area contributed by atoms with Crippen molar-refractivity contribution in [1.82, 2.24) is 21.7 Å². The molecule has 13 heavy (non-hydrogen) atoms. The smallest absolute Gasteiger partial charge is 0.0748 e. The summed E-state index contributed by atoms with van der Waals surface area (Å²) in [6.45, 7) is 2.12. The van der Waals surface area contributed by atoms with Crippen LogP contribution in [0.15, 0.2) is 35.7 Å². The number of allylic oxidation sites excluding steroid dienone is 2. The Morgan fingerprint density at radius 3 is 2.15 bits per heavy atom. The van der Waals surface area contributed by atoms with Crippen molar-refractivity contribution in [2.45, 2.75) is 12.5 Å². The lowest BCUT2D eigenvalue weighted by molar-refractivity contribution is 0.576. The Bertz CT molecular complexity index is 277. The maximum atomic E-state index is 3.23. The SMILES string of the molecule is CNC1(C)C=CC2=C(C=C1)NNN2. The van der Waals surface area contributed by atoms with Crippen LogP contribution in [0.5, 0.6) is 0 Å². The van der Waals surface area contributed by atoms with Gasteiger partial charge in [0.25, 0.3) is 0 Å². The van der Waals surface area contributed by atoms with Gasteiger partial charge in [-0.05, 0) is 26.1 Å². The second-order valence-corrected chi connectivity index (χ2v) is 3.40. The van der Waals surface area contributed by atoms with Crippen LogP contribution in [0.25, 0.3) is 0 Å². The molecule has 0 spiro atoms. The molecule has 0 bridgehead atoms. The Morgan fingerprint density at radius 1 is 1.15 bits per heavy atom. The lowest BCUT2D eigenvalue weighted by atomic mass is 10.0. The molecule has 0 aromatic heterocycles. The molecule has 0 aromatic carbocycles. The van der Waals surface area contributed by atoms with Crippen LogP contribution in [0, 0.1) is 0 Å². The van der Waals surface area contributed by atoms with Gasteiger partial charge >= 0.3 is 0 Å². The zero-order valence-electron chi connectivity index (χ0n) is 7.81. The molecule has 1 heterocycles. The summed E-state index contributed by atoms with van der Waals surface area (Å²) in [7, 11) is 1.95. The number of likely N-dealkylation sites (N-methyl/N-ethyl adjacent to an activating group) is 1. The molecule has 0 unspecified atom stereocenters. The highest BCUT2D eigenvalue weighted by Gasteiger charge is 2.18. The van der Waals surface area contributed by atoms with E-state index < -0.39 is 0 Å². The predicted octanol–water partition coefficient (Wildman–Crippen LogP) is -0.0855. The van der Waals surface area contributed by atoms with E-state index in [1.807, 2.05) is 7.05 Å². The highest BCUT2D eigenvalue weighted by Crippen LogP contribution is 2.16. The molecule has 0 saturated carbocycles. The van der Waals surface area contributed by atoms with Crippen LogP contribution < -0.4 is 21.7 Å². The molecule has 2 aliphatic rings. The van der Waals surface area contributed by atoms with Gasteiger partial charge in [0.1, 0.15) is 0 Å². The van der Waals surface area contributed by atoms with Crippen LogP contribution in [-0.4, -0.2) is 12.6 Å². The maximum absolute atomic E-state index is 3.23. The van der Waals surface area contributed by atoms with E-state index in [0.29, 0.717) is 0 Å². The minimum atomic E-state index is -0.0618. The lowest BCUT2D eigenvalue weighted by Crippen LogP contribution is -2.36. The Labute approximate surface area is 77.7 Å². The molecular weight excluding hydrogens is 164 g/mol. The fourth-order valence-electron chi connectivity index (χ4n) is 1.30. The van der Waals surface area contributed by atoms with Gasteiger partial charge in [0.2, 0.25) is 0 Å². The first-order chi connectivity index (χ1) is 6.23. The van der Waals surface area contributed by atoms with E-state index in [2.05, 4.69) is 52.9 Å². The van der Waals surface area contributed by atoms with Crippen molar-refractivity contribution in [2.24, 2.45) is 0 Å². The summed E-state index contributed by atoms with van der Waals surface area (Å²) in [5, 5.41) is 3.23. The number of nitrogens with one attached hydrogen (secondary N) is 4. The van der Waals surface area contributed by atoms with Crippen molar-refractivity contribution in [3.05, 3.63) is 35.7 Å². The van der Waals surface area contributed by atoms with Gasteiger partial charge in [-0.25, -0.2) is 0 Å². The molecule has 4 nitrogen and oxygen atoms in total. The van der Waals surface area contributed by atoms with E-state index >= 15 is 0 Å². The van der Waals surface area contributed by atoms with Crippen LogP contribution in [0.1, 0.15) is 6.92 Å². The van der Waals surface area contributed by atoms with Crippen molar-refractivity contribution in [3.63, 3.8) is 0 Å². The van der Waals surface area contributed by atoms with Gasteiger partial charge in [-0.2, -0.15) is 0 Å². The molecule has 4 N–H and O–H groups in total. The normalized spacial score (nSPS) is 23.5. The number of rotatable bonds is 1. The highest BCUT2D eigenvalue weighted by atomic mass is 15.6. The van der Waals surface area contributed by atoms with Crippen molar-refractivity contribution in [1.29, 1.82) is 0 Å². The van der Waals surface area contributed by atoms with Gasteiger partial charge in [-0.3, -0.25) is 0 Å². The van der Waals surface area contributed by atoms with Crippen LogP contribution >= 0.6 is 0 Å². The second-order valence-electron chi connectivity index (χ2n) is 3.40. The van der Waals surface area contributed by atoms with Crippen molar-refractivity contribution >= 4 is 0 Å². The lowest BCUT2D eigenvalue weighted by Gasteiger charge is -2.20. The topological polar surface area (TPSA) is 48.1 Å². The minimum absolute atomic E-state index is 0.0618. The van der Waals surface area contributed by atoms with Crippen LogP contribution in [0.4, 0.5) is 0 Å². The zero-order chi connectivity index (χ0) is 9.31. The standard InChI is InChI=1S/C9H14N4/c1-9(10-2)5-3-7-8(4-6-9)12-13-11-7/h3-6,10-13H,1-2H3. The Morgan fingerprint density at radius 2 is 1.69 bits per heavy atom. The predicted molar refractivity (Wildman–Crippen MR) is 52.2 cm³/mol. The van der Waals surface area contributed by atoms with E-state index in [-0.39, 0.29) is 5.54 Å². The largest absolute Gasteiger partial charge is 0.308 e. The third kappa shape index (κ3) is 1.46. The molecule has 4 heteroatoms. The summed E-state index contributed by atoms with van der Waals surface area (Å²) in [5.41, 5.74) is 10.9. The van der Waals surface area contributed by atoms with Crippen LogP contribution in [-0.2, 0) is 0 Å². The first kappa shape index (κ1) is 8.34. The molecule has 0 fully saturated rings. The van der Waals surface area contributed by atoms with Gasteiger partial charge in [0.05, 0.1) is 16.9 Å². The van der Waals surface area contributed by atoms with E-state index in [1.165, 1.54) is 0 Å². The molecule has 0 atom stereocenters. The quantitative estimate of drug-likeness (QED) is 0.453. The number of hydrogen-bond acceptors (Lipinski definition) is 4. The fourth-order valence-corrected chi connectivity index (χ4v) is 1.30. The first-order valence-electron chi connectivity index (χ1n) is 4.32. The van der Waals surface area contributed by atoms with Crippen molar-refractivity contribution in [2.75, 3.05) is 7.05 Å². The maximum Gasteiger partial charge on any atom is 0.0748 e. The monoisotopic (exact) mass is 178 g/mol. The number of hydrogen-bond donors (Lipinski definition) is 4. The highest BCUT2D eigenvalue weighted by molar-refractivity contribution is 5.39. The van der Waals surface area contributed by atoms with Gasteiger partial charge in [-0.15, -0.1) is 5.53 Å². The Kier molecular flexibility index (Phi) is 1.86. The summed E-state index contributed by atoms with van der Waals surface area (Å²) in [6, 6.07) is 0. The van der Waals surface area contributed by atoms with Crippen LogP contribution in [0.2, 0.25) is 0 Å². The zero-order valence-corrected chi connectivity index (χ0v) is 7.81.